The van der Waals surface area contributed by atoms with Gasteiger partial charge in [-0.15, -0.1) is 11.8 Å². The third-order valence-corrected chi connectivity index (χ3v) is 7.77. The van der Waals surface area contributed by atoms with E-state index in [1.54, 1.807) is 0 Å². The van der Waals surface area contributed by atoms with Gasteiger partial charge in [-0.25, -0.2) is 8.42 Å². The molecule has 1 aliphatic heterocycles. The number of hydrogen-bond acceptors (Lipinski definition) is 4. The Morgan fingerprint density at radius 3 is 2.62 bits per heavy atom. The Morgan fingerprint density at radius 2 is 1.96 bits per heavy atom. The van der Waals surface area contributed by atoms with Crippen LogP contribution in [-0.4, -0.2) is 48.6 Å². The molecule has 2 aromatic rings. The van der Waals surface area contributed by atoms with Crippen molar-refractivity contribution in [2.75, 3.05) is 17.3 Å². The number of sulfone groups is 1. The quantitative estimate of drug-likeness (QED) is 0.704. The molecule has 1 fully saturated rings. The Hall–Kier alpha value is -1.53. The van der Waals surface area contributed by atoms with Crippen LogP contribution in [0.1, 0.15) is 26.7 Å². The molecule has 1 amide bonds. The number of rotatable bonds is 6. The summed E-state index contributed by atoms with van der Waals surface area (Å²) in [6.45, 7) is 4.04. The van der Waals surface area contributed by atoms with E-state index in [1.165, 1.54) is 17.1 Å². The Kier molecular flexibility index (Phi) is 5.92. The van der Waals surface area contributed by atoms with Crippen molar-refractivity contribution in [3.63, 3.8) is 0 Å². The Morgan fingerprint density at radius 1 is 1.23 bits per heavy atom. The summed E-state index contributed by atoms with van der Waals surface area (Å²) in [6, 6.07) is 14.2. The minimum absolute atomic E-state index is 0.0274. The number of hydrogen-bond donors (Lipinski definition) is 0. The van der Waals surface area contributed by atoms with Gasteiger partial charge in [0.1, 0.15) is 0 Å². The van der Waals surface area contributed by atoms with Crippen LogP contribution < -0.4 is 0 Å². The highest BCUT2D eigenvalue weighted by Gasteiger charge is 2.36. The van der Waals surface area contributed by atoms with Gasteiger partial charge in [0, 0.05) is 17.0 Å². The molecule has 0 aromatic heterocycles. The summed E-state index contributed by atoms with van der Waals surface area (Å²) in [6.07, 6.45) is 1.38. The topological polar surface area (TPSA) is 54.5 Å². The Balaban J connectivity index is 1.70. The summed E-state index contributed by atoms with van der Waals surface area (Å²) in [5.74, 6) is 0.651. The molecule has 140 valence electrons. The number of carbonyl (C=O) groups is 1. The van der Waals surface area contributed by atoms with Crippen LogP contribution in [0.4, 0.5) is 0 Å². The fraction of sp³-hybridized carbons (Fsp3) is 0.450. The third-order valence-electron chi connectivity index (χ3n) is 5.04. The van der Waals surface area contributed by atoms with Crippen molar-refractivity contribution in [1.82, 2.24) is 4.90 Å². The highest BCUT2D eigenvalue weighted by molar-refractivity contribution is 8.00. The molecule has 0 N–H and O–H groups in total. The summed E-state index contributed by atoms with van der Waals surface area (Å²) >= 11 is 1.52. The van der Waals surface area contributed by atoms with Crippen LogP contribution in [0.15, 0.2) is 47.4 Å². The lowest BCUT2D eigenvalue weighted by atomic mass is 10.1. The lowest BCUT2D eigenvalue weighted by molar-refractivity contribution is -0.132. The summed E-state index contributed by atoms with van der Waals surface area (Å²) in [5.41, 5.74) is 0. The first-order valence-corrected chi connectivity index (χ1v) is 11.8. The van der Waals surface area contributed by atoms with Gasteiger partial charge in [0.2, 0.25) is 5.91 Å². The van der Waals surface area contributed by atoms with Crippen molar-refractivity contribution in [2.45, 2.75) is 43.7 Å². The number of carbonyl (C=O) groups excluding carboxylic acids is 1. The molecule has 0 unspecified atom stereocenters. The predicted molar refractivity (Wildman–Crippen MR) is 108 cm³/mol. The number of thioether (sulfide) groups is 1. The number of amides is 1. The highest BCUT2D eigenvalue weighted by Crippen LogP contribution is 2.26. The van der Waals surface area contributed by atoms with Crippen LogP contribution in [0.5, 0.6) is 0 Å². The molecule has 2 aromatic carbocycles. The van der Waals surface area contributed by atoms with E-state index in [-0.39, 0.29) is 29.5 Å². The average Bonchev–Trinajstić information content (AvgIpc) is 2.99. The summed E-state index contributed by atoms with van der Waals surface area (Å²) in [7, 11) is -3.01. The van der Waals surface area contributed by atoms with Crippen LogP contribution in [-0.2, 0) is 14.6 Å². The fourth-order valence-electron chi connectivity index (χ4n) is 3.48. The van der Waals surface area contributed by atoms with Gasteiger partial charge in [0.05, 0.1) is 17.3 Å². The minimum atomic E-state index is -3.01. The van der Waals surface area contributed by atoms with Gasteiger partial charge in [-0.2, -0.15) is 0 Å². The average molecular weight is 392 g/mol. The standard InChI is InChI=1S/C20H25NO3S2/c1-3-15(2)21(18-10-11-26(23,24)14-18)20(22)13-25-19-9-8-16-6-4-5-7-17(16)12-19/h4-9,12,15,18H,3,10-11,13-14H2,1-2H3/t15-,18+/m1/s1. The van der Waals surface area contributed by atoms with Crippen LogP contribution in [0.3, 0.4) is 0 Å². The maximum atomic E-state index is 12.9. The summed E-state index contributed by atoms with van der Waals surface area (Å²) in [5, 5.41) is 2.34. The van der Waals surface area contributed by atoms with Crippen LogP contribution in [0.25, 0.3) is 10.8 Å². The second-order valence-corrected chi connectivity index (χ2v) is 10.2. The summed E-state index contributed by atoms with van der Waals surface area (Å²) in [4.78, 5) is 15.8. The molecule has 3 rings (SSSR count). The molecule has 26 heavy (non-hydrogen) atoms. The van der Waals surface area contributed by atoms with E-state index in [4.69, 9.17) is 0 Å². The number of fused-ring (bicyclic) bond motifs is 1. The van der Waals surface area contributed by atoms with Gasteiger partial charge in [0.15, 0.2) is 9.84 Å². The van der Waals surface area contributed by atoms with Crippen molar-refractivity contribution in [3.05, 3.63) is 42.5 Å². The zero-order valence-electron chi connectivity index (χ0n) is 15.2. The normalized spacial score (nSPS) is 20.2. The van der Waals surface area contributed by atoms with Gasteiger partial charge < -0.3 is 4.90 Å². The molecular formula is C20H25NO3S2. The molecule has 1 aliphatic rings. The highest BCUT2D eigenvalue weighted by atomic mass is 32.2. The van der Waals surface area contributed by atoms with Gasteiger partial charge >= 0.3 is 0 Å². The molecule has 0 aliphatic carbocycles. The second-order valence-electron chi connectivity index (χ2n) is 6.91. The Bertz CT molecular complexity index is 895. The molecular weight excluding hydrogens is 366 g/mol. The van der Waals surface area contributed by atoms with Crippen molar-refractivity contribution in [1.29, 1.82) is 0 Å². The maximum Gasteiger partial charge on any atom is 0.233 e. The molecule has 1 saturated heterocycles. The second kappa shape index (κ2) is 8.01. The van der Waals surface area contributed by atoms with E-state index in [9.17, 15) is 13.2 Å². The molecule has 0 spiro atoms. The monoisotopic (exact) mass is 391 g/mol. The van der Waals surface area contributed by atoms with E-state index in [0.717, 1.165) is 16.7 Å². The lowest BCUT2D eigenvalue weighted by Crippen LogP contribution is -2.47. The molecule has 6 heteroatoms. The summed E-state index contributed by atoms with van der Waals surface area (Å²) < 4.78 is 23.7. The number of nitrogens with zero attached hydrogens (tertiary/aromatic N) is 1. The van der Waals surface area contributed by atoms with Crippen molar-refractivity contribution in [3.8, 4) is 0 Å². The van der Waals surface area contributed by atoms with Gasteiger partial charge in [-0.05, 0) is 42.7 Å². The SMILES string of the molecule is CC[C@@H](C)N(C(=O)CSc1ccc2ccccc2c1)[C@H]1CCS(=O)(=O)C1. The molecule has 0 saturated carbocycles. The van der Waals surface area contributed by atoms with Gasteiger partial charge in [-0.1, -0.05) is 37.3 Å². The van der Waals surface area contributed by atoms with Crippen molar-refractivity contribution >= 4 is 38.3 Å². The van der Waals surface area contributed by atoms with E-state index >= 15 is 0 Å². The lowest BCUT2D eigenvalue weighted by Gasteiger charge is -2.33. The largest absolute Gasteiger partial charge is 0.335 e. The van der Waals surface area contributed by atoms with Crippen LogP contribution in [0.2, 0.25) is 0 Å². The van der Waals surface area contributed by atoms with Gasteiger partial charge in [-0.3, -0.25) is 4.79 Å². The molecule has 0 bridgehead atoms. The first kappa shape index (κ1) is 19.2. The number of benzene rings is 2. The van der Waals surface area contributed by atoms with Crippen molar-refractivity contribution < 1.29 is 13.2 Å². The Labute approximate surface area is 159 Å². The minimum Gasteiger partial charge on any atom is -0.335 e. The molecule has 4 nitrogen and oxygen atoms in total. The first-order chi connectivity index (χ1) is 12.4. The zero-order valence-corrected chi connectivity index (χ0v) is 16.9. The predicted octanol–water partition coefficient (Wildman–Crippen LogP) is 3.75. The van der Waals surface area contributed by atoms with E-state index < -0.39 is 9.84 Å². The van der Waals surface area contributed by atoms with E-state index in [0.29, 0.717) is 12.2 Å². The zero-order chi connectivity index (χ0) is 18.7. The molecule has 2 atom stereocenters. The van der Waals surface area contributed by atoms with Crippen molar-refractivity contribution in [2.24, 2.45) is 0 Å². The van der Waals surface area contributed by atoms with Crippen LogP contribution in [0, 0.1) is 0 Å². The third kappa shape index (κ3) is 4.41. The van der Waals surface area contributed by atoms with Crippen LogP contribution >= 0.6 is 11.8 Å². The smallest absolute Gasteiger partial charge is 0.233 e. The van der Waals surface area contributed by atoms with E-state index in [2.05, 4.69) is 24.3 Å². The fourth-order valence-corrected chi connectivity index (χ4v) is 6.00. The molecule has 0 radical (unpaired) electrons. The molecule has 1 heterocycles. The van der Waals surface area contributed by atoms with Gasteiger partial charge in [0.25, 0.3) is 0 Å². The van der Waals surface area contributed by atoms with E-state index in [1.807, 2.05) is 36.9 Å². The first-order valence-electron chi connectivity index (χ1n) is 9.03. The maximum absolute atomic E-state index is 12.9.